The number of benzene rings is 1. The summed E-state index contributed by atoms with van der Waals surface area (Å²) in [5, 5.41) is 31.3. The van der Waals surface area contributed by atoms with Crippen molar-refractivity contribution in [1.82, 2.24) is 10.2 Å². The largest absolute Gasteiger partial charge is 0.480 e. The Labute approximate surface area is 147 Å². The van der Waals surface area contributed by atoms with Crippen LogP contribution in [0.2, 0.25) is 0 Å². The second kappa shape index (κ2) is 8.94. The van der Waals surface area contributed by atoms with E-state index in [-0.39, 0.29) is 5.91 Å². The van der Waals surface area contributed by atoms with Crippen molar-refractivity contribution in [2.24, 2.45) is 0 Å². The van der Waals surface area contributed by atoms with E-state index >= 15 is 0 Å². The molecule has 138 valence electrons. The van der Waals surface area contributed by atoms with Crippen LogP contribution >= 0.6 is 0 Å². The number of rotatable bonds is 8. The molecule has 25 heavy (non-hydrogen) atoms. The van der Waals surface area contributed by atoms with E-state index in [1.54, 1.807) is 6.92 Å². The highest BCUT2D eigenvalue weighted by Gasteiger charge is 2.36. The highest BCUT2D eigenvalue weighted by atomic mass is 16.5. The van der Waals surface area contributed by atoms with Crippen LogP contribution in [0, 0.1) is 0 Å². The number of nitrogens with one attached hydrogen (secondary N) is 1. The summed E-state index contributed by atoms with van der Waals surface area (Å²) < 4.78 is 0. The average molecular weight is 350 g/mol. The lowest BCUT2D eigenvalue weighted by molar-refractivity contribution is -0.149. The molecule has 1 aromatic rings. The summed E-state index contributed by atoms with van der Waals surface area (Å²) in [5.41, 5.74) is 1.07. The van der Waals surface area contributed by atoms with Crippen LogP contribution in [0.1, 0.15) is 31.7 Å². The van der Waals surface area contributed by atoms with Crippen LogP contribution in [0.15, 0.2) is 30.3 Å². The summed E-state index contributed by atoms with van der Waals surface area (Å²) in [4.78, 5) is 25.1. The van der Waals surface area contributed by atoms with Gasteiger partial charge in [0.15, 0.2) is 6.29 Å². The fourth-order valence-corrected chi connectivity index (χ4v) is 3.21. The minimum absolute atomic E-state index is 0.324. The Morgan fingerprint density at radius 3 is 2.56 bits per heavy atom. The summed E-state index contributed by atoms with van der Waals surface area (Å²) in [6.07, 6.45) is 0.594. The summed E-state index contributed by atoms with van der Waals surface area (Å²) in [7, 11) is 0. The Hall–Kier alpha value is -1.96. The molecule has 0 aliphatic carbocycles. The number of aliphatic carboxylic acids is 1. The van der Waals surface area contributed by atoms with Gasteiger partial charge >= 0.3 is 5.97 Å². The van der Waals surface area contributed by atoms with Crippen molar-refractivity contribution < 1.29 is 24.9 Å². The molecule has 1 aliphatic heterocycles. The fraction of sp³-hybridized carbons (Fsp3) is 0.556. The molecule has 1 aliphatic rings. The van der Waals surface area contributed by atoms with Gasteiger partial charge in [-0.25, -0.2) is 4.79 Å². The minimum Gasteiger partial charge on any atom is -0.480 e. The van der Waals surface area contributed by atoms with Gasteiger partial charge in [0.1, 0.15) is 6.04 Å². The van der Waals surface area contributed by atoms with Gasteiger partial charge in [0.2, 0.25) is 5.91 Å². The molecule has 1 saturated heterocycles. The Morgan fingerprint density at radius 1 is 1.28 bits per heavy atom. The van der Waals surface area contributed by atoms with Crippen LogP contribution in [-0.2, 0) is 16.0 Å². The summed E-state index contributed by atoms with van der Waals surface area (Å²) in [5.74, 6) is -1.32. The maximum Gasteiger partial charge on any atom is 0.326 e. The van der Waals surface area contributed by atoms with Gasteiger partial charge in [-0.1, -0.05) is 30.3 Å². The van der Waals surface area contributed by atoms with E-state index < -0.39 is 30.4 Å². The van der Waals surface area contributed by atoms with E-state index in [9.17, 15) is 24.9 Å². The first-order valence-corrected chi connectivity index (χ1v) is 8.59. The fourth-order valence-electron chi connectivity index (χ4n) is 3.21. The third kappa shape index (κ3) is 5.26. The van der Waals surface area contributed by atoms with Crippen LogP contribution < -0.4 is 5.32 Å². The van der Waals surface area contributed by atoms with Gasteiger partial charge in [-0.2, -0.15) is 0 Å². The van der Waals surface area contributed by atoms with Gasteiger partial charge < -0.3 is 20.2 Å². The van der Waals surface area contributed by atoms with E-state index in [1.807, 2.05) is 30.3 Å². The number of likely N-dealkylation sites (tertiary alicyclic amines) is 1. The molecule has 7 heteroatoms. The highest BCUT2D eigenvalue weighted by molar-refractivity contribution is 5.87. The lowest BCUT2D eigenvalue weighted by Crippen LogP contribution is -2.53. The molecule has 1 fully saturated rings. The molecule has 1 amide bonds. The molecule has 1 aromatic carbocycles. The molecule has 0 aromatic heterocycles. The number of carbonyl (C=O) groups is 2. The molecule has 0 saturated carbocycles. The number of aliphatic hydroxyl groups is 2. The third-order valence-corrected chi connectivity index (χ3v) is 4.60. The van der Waals surface area contributed by atoms with Gasteiger partial charge in [-0.3, -0.25) is 10.1 Å². The molecule has 3 atom stereocenters. The molecule has 2 rings (SSSR count). The van der Waals surface area contributed by atoms with Gasteiger partial charge in [-0.15, -0.1) is 0 Å². The number of amides is 1. The second-order valence-corrected chi connectivity index (χ2v) is 6.46. The molecule has 0 spiro atoms. The molecule has 7 nitrogen and oxygen atoms in total. The van der Waals surface area contributed by atoms with Crippen LogP contribution in [-0.4, -0.2) is 63.1 Å². The maximum absolute atomic E-state index is 12.5. The summed E-state index contributed by atoms with van der Waals surface area (Å²) >= 11 is 0. The number of aryl methyl sites for hydroxylation is 1. The number of carboxylic acids is 1. The van der Waals surface area contributed by atoms with Crippen molar-refractivity contribution in [3.8, 4) is 0 Å². The molecule has 4 N–H and O–H groups in total. The lowest BCUT2D eigenvalue weighted by atomic mass is 10.0. The molecular formula is C18H26N2O5. The van der Waals surface area contributed by atoms with Crippen LogP contribution in [0.5, 0.6) is 0 Å². The van der Waals surface area contributed by atoms with E-state index in [0.29, 0.717) is 32.2 Å². The quantitative estimate of drug-likeness (QED) is 0.504. The predicted octanol–water partition coefficient (Wildman–Crippen LogP) is 0.352. The minimum atomic E-state index is -1.60. The summed E-state index contributed by atoms with van der Waals surface area (Å²) in [6, 6.07) is 7.49. The highest BCUT2D eigenvalue weighted by Crippen LogP contribution is 2.19. The van der Waals surface area contributed by atoms with Gasteiger partial charge in [0.25, 0.3) is 0 Å². The predicted molar refractivity (Wildman–Crippen MR) is 91.7 cm³/mol. The molecule has 1 heterocycles. The molecular weight excluding hydrogens is 324 g/mol. The first-order chi connectivity index (χ1) is 11.9. The van der Waals surface area contributed by atoms with Crippen LogP contribution in [0.25, 0.3) is 0 Å². The Bertz CT molecular complexity index is 578. The van der Waals surface area contributed by atoms with Crippen molar-refractivity contribution in [2.45, 2.75) is 57.0 Å². The van der Waals surface area contributed by atoms with Gasteiger partial charge in [-0.05, 0) is 38.2 Å². The van der Waals surface area contributed by atoms with Crippen molar-refractivity contribution in [3.05, 3.63) is 35.9 Å². The van der Waals surface area contributed by atoms with E-state index in [1.165, 1.54) is 4.90 Å². The molecule has 0 bridgehead atoms. The van der Waals surface area contributed by atoms with Crippen molar-refractivity contribution in [3.63, 3.8) is 0 Å². The lowest BCUT2D eigenvalue weighted by Gasteiger charge is -2.29. The van der Waals surface area contributed by atoms with Crippen LogP contribution in [0.4, 0.5) is 0 Å². The standard InChI is InChI=1S/C18H26N2O5/c1-12(16(21)20-11-5-8-15(20)18(24)25)19-14(17(22)23)10-9-13-6-3-2-4-7-13/h2-4,6-7,12,14-15,17,19,22-23H,5,8-11H2,1H3,(H,24,25)/t12-,14?,15-/m0/s1. The van der Waals surface area contributed by atoms with E-state index in [0.717, 1.165) is 5.56 Å². The smallest absolute Gasteiger partial charge is 0.326 e. The van der Waals surface area contributed by atoms with Gasteiger partial charge in [0, 0.05) is 6.54 Å². The topological polar surface area (TPSA) is 110 Å². The number of hydrogen-bond donors (Lipinski definition) is 4. The van der Waals surface area contributed by atoms with Crippen molar-refractivity contribution in [1.29, 1.82) is 0 Å². The van der Waals surface area contributed by atoms with Crippen molar-refractivity contribution in [2.75, 3.05) is 6.54 Å². The number of aliphatic hydroxyl groups excluding tert-OH is 1. The first-order valence-electron chi connectivity index (χ1n) is 8.59. The van der Waals surface area contributed by atoms with Crippen LogP contribution in [0.3, 0.4) is 0 Å². The van der Waals surface area contributed by atoms with Gasteiger partial charge in [0.05, 0.1) is 12.1 Å². The molecule has 0 radical (unpaired) electrons. The Kier molecular flexibility index (Phi) is 6.92. The normalized spacial score (nSPS) is 19.8. The first kappa shape index (κ1) is 19.4. The summed E-state index contributed by atoms with van der Waals surface area (Å²) in [6.45, 7) is 2.04. The monoisotopic (exact) mass is 350 g/mol. The number of hydrogen-bond acceptors (Lipinski definition) is 5. The maximum atomic E-state index is 12.5. The van der Waals surface area contributed by atoms with E-state index in [4.69, 9.17) is 0 Å². The van der Waals surface area contributed by atoms with Crippen molar-refractivity contribution >= 4 is 11.9 Å². The SMILES string of the molecule is C[C@H](NC(CCc1ccccc1)C(O)O)C(=O)N1CCC[C@H]1C(=O)O. The third-order valence-electron chi connectivity index (χ3n) is 4.60. The number of carbonyl (C=O) groups excluding carboxylic acids is 1. The zero-order chi connectivity index (χ0) is 18.4. The number of nitrogens with zero attached hydrogens (tertiary/aromatic N) is 1. The number of carboxylic acid groups (broad SMARTS) is 1. The second-order valence-electron chi connectivity index (χ2n) is 6.46. The zero-order valence-corrected chi connectivity index (χ0v) is 14.3. The zero-order valence-electron chi connectivity index (χ0n) is 14.3. The molecule has 1 unspecified atom stereocenters. The van der Waals surface area contributed by atoms with E-state index in [2.05, 4.69) is 5.32 Å². The Morgan fingerprint density at radius 2 is 1.96 bits per heavy atom. The Balaban J connectivity index is 1.93. The average Bonchev–Trinajstić information content (AvgIpc) is 3.08.